The molecule has 2 aromatic rings. The molecule has 0 saturated carbocycles. The number of aryl methyl sites for hydroxylation is 2. The lowest BCUT2D eigenvalue weighted by Crippen LogP contribution is -2.33. The van der Waals surface area contributed by atoms with E-state index in [4.69, 9.17) is 9.88 Å². The van der Waals surface area contributed by atoms with Crippen molar-refractivity contribution in [1.29, 1.82) is 0 Å². The van der Waals surface area contributed by atoms with Gasteiger partial charge in [-0.3, -0.25) is 4.79 Å². The molecule has 4 N–H and O–H groups in total. The maximum absolute atomic E-state index is 13.2. The van der Waals surface area contributed by atoms with Crippen LogP contribution >= 0.6 is 0 Å². The summed E-state index contributed by atoms with van der Waals surface area (Å²) in [6.07, 6.45) is 6.93. The van der Waals surface area contributed by atoms with Crippen molar-refractivity contribution in [1.82, 2.24) is 15.1 Å². The molecule has 0 saturated heterocycles. The molecule has 3 amide bonds. The first-order chi connectivity index (χ1) is 15.3. The highest BCUT2D eigenvalue weighted by Gasteiger charge is 2.31. The average Bonchev–Trinajstić information content (AvgIpc) is 3.48. The molecule has 0 bridgehead atoms. The van der Waals surface area contributed by atoms with Gasteiger partial charge in [-0.1, -0.05) is 6.07 Å². The monoisotopic (exact) mass is 458 g/mol. The number of anilines is 1. The summed E-state index contributed by atoms with van der Waals surface area (Å²) in [6, 6.07) is 1.54. The van der Waals surface area contributed by atoms with Gasteiger partial charge in [-0.05, 0) is 60.8 Å². The number of hydrogen-bond acceptors (Lipinski definition) is 5. The van der Waals surface area contributed by atoms with Crippen LogP contribution in [0.1, 0.15) is 42.0 Å². The Kier molecular flexibility index (Phi) is 5.17. The molecule has 1 aromatic heterocycles. The quantitative estimate of drug-likeness (QED) is 0.639. The van der Waals surface area contributed by atoms with E-state index in [1.807, 2.05) is 0 Å². The number of nitrogens with zero attached hydrogens (tertiary/aromatic N) is 3. The van der Waals surface area contributed by atoms with Gasteiger partial charge in [0.1, 0.15) is 11.0 Å². The molecule has 0 radical (unpaired) electrons. The number of aromatic nitrogens is 2. The highest BCUT2D eigenvalue weighted by atomic mass is 32.2. The van der Waals surface area contributed by atoms with Gasteiger partial charge in [0, 0.05) is 12.6 Å². The van der Waals surface area contributed by atoms with E-state index in [0.29, 0.717) is 6.54 Å². The van der Waals surface area contributed by atoms with E-state index in [1.54, 1.807) is 0 Å². The van der Waals surface area contributed by atoms with E-state index in [9.17, 15) is 13.8 Å². The maximum atomic E-state index is 13.2. The fraction of sp³-hybridized carbons (Fsp3) is 0.476. The predicted octanol–water partition coefficient (Wildman–Crippen LogP) is 1.69. The van der Waals surface area contributed by atoms with Crippen molar-refractivity contribution in [2.75, 3.05) is 11.9 Å². The summed E-state index contributed by atoms with van der Waals surface area (Å²) in [7, 11) is -3.58. The third-order valence-electron chi connectivity index (χ3n) is 6.23. The molecule has 5 rings (SSSR count). The molecule has 3 aliphatic rings. The summed E-state index contributed by atoms with van der Waals surface area (Å²) in [5, 5.41) is 15.7. The second-order valence-electron chi connectivity index (χ2n) is 8.50. The van der Waals surface area contributed by atoms with Gasteiger partial charge in [-0.15, -0.1) is 4.36 Å². The van der Waals surface area contributed by atoms with Crippen molar-refractivity contribution < 1.29 is 18.5 Å². The van der Waals surface area contributed by atoms with Gasteiger partial charge in [0.15, 0.2) is 9.92 Å². The number of amides is 3. The number of fused-ring (bicyclic) bond motifs is 3. The minimum absolute atomic E-state index is 0.0708. The zero-order chi connectivity index (χ0) is 22.5. The lowest BCUT2D eigenvalue weighted by atomic mass is 9.99. The Bertz CT molecular complexity index is 1210. The average molecular weight is 459 g/mol. The second-order valence-corrected chi connectivity index (χ2v) is 10.3. The van der Waals surface area contributed by atoms with Crippen molar-refractivity contribution in [3.05, 3.63) is 34.5 Å². The number of rotatable bonds is 4. The Hall–Kier alpha value is -2.92. The third-order valence-corrected chi connectivity index (χ3v) is 7.58. The molecule has 11 heteroatoms. The summed E-state index contributed by atoms with van der Waals surface area (Å²) in [5.41, 5.74) is 5.70. The molecule has 10 nitrogen and oxygen atoms in total. The molecule has 0 spiro atoms. The molecular formula is C21H26N6O4S. The predicted molar refractivity (Wildman–Crippen MR) is 118 cm³/mol. The van der Waals surface area contributed by atoms with Crippen LogP contribution in [0.2, 0.25) is 0 Å². The Morgan fingerprint density at radius 2 is 1.94 bits per heavy atom. The summed E-state index contributed by atoms with van der Waals surface area (Å²) < 4.78 is 24.3. The van der Waals surface area contributed by atoms with E-state index >= 15 is 0 Å². The number of benzene rings is 1. The highest BCUT2D eigenvalue weighted by Crippen LogP contribution is 2.38. The normalized spacial score (nSPS) is 20.0. The molecule has 2 aliphatic carbocycles. The molecule has 1 aromatic carbocycles. The van der Waals surface area contributed by atoms with Crippen molar-refractivity contribution in [3.63, 3.8) is 0 Å². The number of carbonyl (C=O) groups is 2. The SMILES string of the molecule is CC(=O)NCC1Cn2ncc(S(N)(=O)=NC(=O)Nc3c4c(cc5c3CCC5)CCC4)c2O1. The van der Waals surface area contributed by atoms with Gasteiger partial charge < -0.3 is 15.4 Å². The van der Waals surface area contributed by atoms with Crippen LogP contribution in [-0.4, -0.2) is 38.6 Å². The highest BCUT2D eigenvalue weighted by molar-refractivity contribution is 7.91. The van der Waals surface area contributed by atoms with E-state index in [-0.39, 0.29) is 29.3 Å². The van der Waals surface area contributed by atoms with Crippen LogP contribution in [0.5, 0.6) is 5.88 Å². The fourth-order valence-electron chi connectivity index (χ4n) is 4.83. The second kappa shape index (κ2) is 7.89. The van der Waals surface area contributed by atoms with E-state index in [0.717, 1.165) is 55.3 Å². The van der Waals surface area contributed by atoms with Gasteiger partial charge in [0.25, 0.3) is 0 Å². The van der Waals surface area contributed by atoms with Crippen LogP contribution < -0.4 is 20.5 Å². The van der Waals surface area contributed by atoms with Gasteiger partial charge >= 0.3 is 6.03 Å². The smallest absolute Gasteiger partial charge is 0.354 e. The van der Waals surface area contributed by atoms with Crippen LogP contribution in [0.3, 0.4) is 0 Å². The van der Waals surface area contributed by atoms with Gasteiger partial charge in [-0.2, -0.15) is 5.10 Å². The van der Waals surface area contributed by atoms with Gasteiger partial charge in [0.2, 0.25) is 11.8 Å². The first kappa shape index (κ1) is 21.0. The van der Waals surface area contributed by atoms with E-state index in [1.165, 1.54) is 28.9 Å². The number of urea groups is 1. The molecule has 170 valence electrons. The molecule has 0 fully saturated rings. The number of hydrogen-bond donors (Lipinski definition) is 3. The minimum atomic E-state index is -3.58. The first-order valence-corrected chi connectivity index (χ1v) is 12.4. The molecule has 1 aliphatic heterocycles. The standard InChI is InChI=1S/C21H26N6O4S/c1-12(28)23-9-15-11-27-20(31-15)18(10-24-27)32(22,30)26-21(29)25-19-16-6-2-4-13(16)8-14-5-3-7-17(14)19/h8,10,15H,2-7,9,11H2,1H3,(H,23,28)(H3,22,25,26,29,30). The first-order valence-electron chi connectivity index (χ1n) is 10.8. The summed E-state index contributed by atoms with van der Waals surface area (Å²) in [5.74, 6) is 0.0393. The van der Waals surface area contributed by atoms with Gasteiger partial charge in [-0.25, -0.2) is 18.8 Å². The molecule has 2 atom stereocenters. The van der Waals surface area contributed by atoms with Crippen LogP contribution in [0.15, 0.2) is 21.5 Å². The summed E-state index contributed by atoms with van der Waals surface area (Å²) >= 11 is 0. The van der Waals surface area contributed by atoms with Crippen LogP contribution in [0.25, 0.3) is 0 Å². The Morgan fingerprint density at radius 3 is 2.59 bits per heavy atom. The molecule has 2 heterocycles. The molecular weight excluding hydrogens is 432 g/mol. The Morgan fingerprint density at radius 1 is 1.25 bits per heavy atom. The lowest BCUT2D eigenvalue weighted by Gasteiger charge is -2.15. The van der Waals surface area contributed by atoms with Crippen molar-refractivity contribution in [3.8, 4) is 5.88 Å². The Labute approximate surface area is 186 Å². The van der Waals surface area contributed by atoms with Crippen molar-refractivity contribution in [2.24, 2.45) is 9.50 Å². The van der Waals surface area contributed by atoms with Crippen LogP contribution in [-0.2, 0) is 46.9 Å². The molecule has 2 unspecified atom stereocenters. The molecule has 32 heavy (non-hydrogen) atoms. The number of nitrogens with one attached hydrogen (secondary N) is 2. The summed E-state index contributed by atoms with van der Waals surface area (Å²) in [6.45, 7) is 2.08. The van der Waals surface area contributed by atoms with Gasteiger partial charge in [0.05, 0.1) is 19.3 Å². The largest absolute Gasteiger partial charge is 0.470 e. The van der Waals surface area contributed by atoms with E-state index < -0.39 is 15.9 Å². The van der Waals surface area contributed by atoms with Crippen LogP contribution in [0.4, 0.5) is 10.5 Å². The maximum Gasteiger partial charge on any atom is 0.354 e. The summed E-state index contributed by atoms with van der Waals surface area (Å²) in [4.78, 5) is 24.0. The topological polar surface area (TPSA) is 141 Å². The number of ether oxygens (including phenoxy) is 1. The zero-order valence-electron chi connectivity index (χ0n) is 17.8. The van der Waals surface area contributed by atoms with E-state index in [2.05, 4.69) is 26.2 Å². The van der Waals surface area contributed by atoms with Crippen LogP contribution in [0, 0.1) is 0 Å². The number of nitrogens with two attached hydrogens (primary N) is 1. The third kappa shape index (κ3) is 3.75. The zero-order valence-corrected chi connectivity index (χ0v) is 18.7. The lowest BCUT2D eigenvalue weighted by molar-refractivity contribution is -0.119. The fourth-order valence-corrected chi connectivity index (χ4v) is 5.82. The minimum Gasteiger partial charge on any atom is -0.470 e. The van der Waals surface area contributed by atoms with Crippen molar-refractivity contribution >= 4 is 27.5 Å². The number of carbonyl (C=O) groups excluding carboxylic acids is 2. The van der Waals surface area contributed by atoms with Crippen molar-refractivity contribution in [2.45, 2.75) is 63.0 Å². The Balaban J connectivity index is 1.39.